The summed E-state index contributed by atoms with van der Waals surface area (Å²) in [7, 11) is 8.72. The highest BCUT2D eigenvalue weighted by Gasteiger charge is 2.55. The van der Waals surface area contributed by atoms with Gasteiger partial charge in [-0.05, 0) is 37.6 Å². The van der Waals surface area contributed by atoms with Gasteiger partial charge in [0.2, 0.25) is 0 Å². The average molecular weight is 247 g/mol. The number of likely N-dealkylation sites (N-methyl/N-ethyl adjacent to an activating group) is 1. The van der Waals surface area contributed by atoms with E-state index in [1.165, 1.54) is 32.2 Å². The van der Waals surface area contributed by atoms with Crippen molar-refractivity contribution in [1.29, 1.82) is 0 Å². The van der Waals surface area contributed by atoms with Gasteiger partial charge >= 0.3 is 0 Å². The summed E-state index contributed by atoms with van der Waals surface area (Å²) in [5.41, 5.74) is 0.339. The molecule has 100 valence electrons. The SMILES string of the molecule is [B]C1(C)CCC2C(CC(C)CN(C)C23COC3)C1. The van der Waals surface area contributed by atoms with Gasteiger partial charge in [-0.1, -0.05) is 32.0 Å². The Morgan fingerprint density at radius 2 is 2.06 bits per heavy atom. The van der Waals surface area contributed by atoms with E-state index in [0.717, 1.165) is 31.0 Å². The molecule has 4 unspecified atom stereocenters. The minimum absolute atomic E-state index is 0.0651. The molecule has 3 heteroatoms. The molecule has 2 saturated heterocycles. The second-order valence-corrected chi connectivity index (χ2v) is 7.58. The van der Waals surface area contributed by atoms with Gasteiger partial charge in [0.05, 0.1) is 26.6 Å². The van der Waals surface area contributed by atoms with Crippen LogP contribution in [0.4, 0.5) is 0 Å². The zero-order chi connectivity index (χ0) is 13.0. The van der Waals surface area contributed by atoms with Crippen molar-refractivity contribution in [2.24, 2.45) is 17.8 Å². The Bertz CT molecular complexity index is 326. The van der Waals surface area contributed by atoms with Crippen LogP contribution in [0.1, 0.15) is 39.5 Å². The number of nitrogens with zero attached hydrogens (tertiary/aromatic N) is 1. The maximum Gasteiger partial charge on any atom is 0.0742 e. The lowest BCUT2D eigenvalue weighted by molar-refractivity contribution is -0.173. The zero-order valence-electron chi connectivity index (χ0n) is 12.1. The van der Waals surface area contributed by atoms with Gasteiger partial charge in [0.1, 0.15) is 0 Å². The van der Waals surface area contributed by atoms with Crippen LogP contribution in [0.2, 0.25) is 5.31 Å². The lowest BCUT2D eigenvalue weighted by Crippen LogP contribution is -2.66. The molecule has 3 fully saturated rings. The number of ether oxygens (including phenoxy) is 1. The fraction of sp³-hybridized carbons (Fsp3) is 1.00. The number of likely N-dealkylation sites (tertiary alicyclic amines) is 1. The van der Waals surface area contributed by atoms with Crippen molar-refractivity contribution in [3.05, 3.63) is 0 Å². The van der Waals surface area contributed by atoms with Crippen LogP contribution >= 0.6 is 0 Å². The Morgan fingerprint density at radius 1 is 1.33 bits per heavy atom. The highest BCUT2D eigenvalue weighted by atomic mass is 16.5. The first-order valence-electron chi connectivity index (χ1n) is 7.51. The molecule has 2 radical (unpaired) electrons. The van der Waals surface area contributed by atoms with Crippen LogP contribution in [0, 0.1) is 17.8 Å². The molecule has 2 nitrogen and oxygen atoms in total. The van der Waals surface area contributed by atoms with E-state index in [9.17, 15) is 0 Å². The van der Waals surface area contributed by atoms with E-state index in [-0.39, 0.29) is 5.31 Å². The molecule has 0 aromatic heterocycles. The van der Waals surface area contributed by atoms with Crippen molar-refractivity contribution in [1.82, 2.24) is 4.90 Å². The standard InChI is InChI=1S/C15H26BNO/c1-11-6-12-7-14(2,16)5-4-13(12)15(9-18-10-15)17(3)8-11/h11-13H,4-10H2,1-3H3. The normalized spacial score (nSPS) is 48.3. The Kier molecular flexibility index (Phi) is 3.06. The molecule has 0 N–H and O–H groups in total. The van der Waals surface area contributed by atoms with E-state index < -0.39 is 0 Å². The van der Waals surface area contributed by atoms with E-state index in [4.69, 9.17) is 12.6 Å². The van der Waals surface area contributed by atoms with E-state index in [0.29, 0.717) is 5.54 Å². The molecule has 0 amide bonds. The molecule has 2 aliphatic heterocycles. The molecule has 1 spiro atoms. The van der Waals surface area contributed by atoms with Crippen molar-refractivity contribution in [2.75, 3.05) is 26.8 Å². The van der Waals surface area contributed by atoms with E-state index in [1.54, 1.807) is 0 Å². The lowest BCUT2D eigenvalue weighted by Gasteiger charge is -2.56. The first kappa shape index (κ1) is 13.0. The highest BCUT2D eigenvalue weighted by Crippen LogP contribution is 2.54. The fourth-order valence-corrected chi connectivity index (χ4v) is 4.79. The summed E-state index contributed by atoms with van der Waals surface area (Å²) >= 11 is 0. The van der Waals surface area contributed by atoms with E-state index in [1.807, 2.05) is 0 Å². The van der Waals surface area contributed by atoms with Gasteiger partial charge in [0.15, 0.2) is 0 Å². The topological polar surface area (TPSA) is 12.5 Å². The minimum Gasteiger partial charge on any atom is -0.377 e. The Balaban J connectivity index is 1.88. The molecule has 0 aromatic rings. The summed E-state index contributed by atoms with van der Waals surface area (Å²) < 4.78 is 5.60. The zero-order valence-corrected chi connectivity index (χ0v) is 12.1. The maximum absolute atomic E-state index is 6.42. The van der Waals surface area contributed by atoms with E-state index in [2.05, 4.69) is 25.8 Å². The molecular formula is C15H26BNO. The van der Waals surface area contributed by atoms with Crippen molar-refractivity contribution in [3.8, 4) is 0 Å². The molecule has 2 heterocycles. The molecule has 1 saturated carbocycles. The van der Waals surface area contributed by atoms with Crippen molar-refractivity contribution >= 4 is 7.85 Å². The van der Waals surface area contributed by atoms with E-state index >= 15 is 0 Å². The van der Waals surface area contributed by atoms with Crippen molar-refractivity contribution in [3.63, 3.8) is 0 Å². The van der Waals surface area contributed by atoms with Crippen LogP contribution in [-0.2, 0) is 4.74 Å². The molecule has 0 bridgehead atoms. The predicted octanol–water partition coefficient (Wildman–Crippen LogP) is 2.49. The van der Waals surface area contributed by atoms with Gasteiger partial charge in [-0.3, -0.25) is 4.90 Å². The number of rotatable bonds is 0. The van der Waals surface area contributed by atoms with Gasteiger partial charge in [0, 0.05) is 6.54 Å². The Morgan fingerprint density at radius 3 is 2.67 bits per heavy atom. The van der Waals surface area contributed by atoms with Crippen LogP contribution in [0.15, 0.2) is 0 Å². The molecule has 4 atom stereocenters. The first-order valence-corrected chi connectivity index (χ1v) is 7.51. The third kappa shape index (κ3) is 1.94. The van der Waals surface area contributed by atoms with Crippen LogP contribution in [0.5, 0.6) is 0 Å². The predicted molar refractivity (Wildman–Crippen MR) is 74.9 cm³/mol. The molecule has 3 rings (SSSR count). The Labute approximate surface area is 113 Å². The minimum atomic E-state index is 0.0651. The Hall–Kier alpha value is -0.0151. The van der Waals surface area contributed by atoms with Crippen molar-refractivity contribution in [2.45, 2.75) is 50.4 Å². The first-order chi connectivity index (χ1) is 8.43. The molecule has 1 aliphatic carbocycles. The molecule has 18 heavy (non-hydrogen) atoms. The van der Waals surface area contributed by atoms with Gasteiger partial charge in [0.25, 0.3) is 0 Å². The number of fused-ring (bicyclic) bond motifs is 2. The second-order valence-electron chi connectivity index (χ2n) is 7.58. The summed E-state index contributed by atoms with van der Waals surface area (Å²) in [6.07, 6.45) is 5.03. The van der Waals surface area contributed by atoms with Crippen molar-refractivity contribution < 1.29 is 4.74 Å². The third-order valence-corrected chi connectivity index (χ3v) is 5.77. The largest absolute Gasteiger partial charge is 0.377 e. The third-order valence-electron chi connectivity index (χ3n) is 5.77. The summed E-state index contributed by atoms with van der Waals surface area (Å²) in [6.45, 7) is 7.75. The summed E-state index contributed by atoms with van der Waals surface area (Å²) in [5, 5.41) is 0.0651. The van der Waals surface area contributed by atoms with Crippen LogP contribution in [-0.4, -0.2) is 45.1 Å². The maximum atomic E-state index is 6.42. The summed E-state index contributed by atoms with van der Waals surface area (Å²) in [6, 6.07) is 0. The lowest BCUT2D eigenvalue weighted by atomic mass is 9.53. The van der Waals surface area contributed by atoms with Crippen LogP contribution < -0.4 is 0 Å². The van der Waals surface area contributed by atoms with Gasteiger partial charge in [-0.25, -0.2) is 0 Å². The monoisotopic (exact) mass is 247 g/mol. The summed E-state index contributed by atoms with van der Waals surface area (Å²) in [5.74, 6) is 2.40. The molecule has 3 aliphatic rings. The van der Waals surface area contributed by atoms with Gasteiger partial charge in [-0.2, -0.15) is 0 Å². The van der Waals surface area contributed by atoms with Crippen LogP contribution in [0.25, 0.3) is 0 Å². The average Bonchev–Trinajstić information content (AvgIpc) is 2.27. The van der Waals surface area contributed by atoms with Gasteiger partial charge in [-0.15, -0.1) is 0 Å². The molecular weight excluding hydrogens is 221 g/mol. The van der Waals surface area contributed by atoms with Crippen LogP contribution in [0.3, 0.4) is 0 Å². The smallest absolute Gasteiger partial charge is 0.0742 e. The molecule has 0 aromatic carbocycles. The number of hydrogen-bond acceptors (Lipinski definition) is 2. The second kappa shape index (κ2) is 4.24. The quantitative estimate of drug-likeness (QED) is 0.610. The highest BCUT2D eigenvalue weighted by molar-refractivity contribution is 6.14. The fourth-order valence-electron chi connectivity index (χ4n) is 4.79. The summed E-state index contributed by atoms with van der Waals surface area (Å²) in [4.78, 5) is 2.60. The number of hydrogen-bond donors (Lipinski definition) is 0. The van der Waals surface area contributed by atoms with Gasteiger partial charge < -0.3 is 4.74 Å².